The summed E-state index contributed by atoms with van der Waals surface area (Å²) < 4.78 is 5.21. The molecule has 110 valence electrons. The fourth-order valence-corrected chi connectivity index (χ4v) is 2.63. The first-order valence-corrected chi connectivity index (χ1v) is 7.26. The summed E-state index contributed by atoms with van der Waals surface area (Å²) in [5.74, 6) is 0.107. The zero-order valence-electron chi connectivity index (χ0n) is 12.4. The van der Waals surface area contributed by atoms with Gasteiger partial charge in [-0.2, -0.15) is 0 Å². The van der Waals surface area contributed by atoms with Gasteiger partial charge in [-0.3, -0.25) is 0 Å². The lowest BCUT2D eigenvalue weighted by Crippen LogP contribution is -2.30. The van der Waals surface area contributed by atoms with Crippen molar-refractivity contribution in [2.45, 2.75) is 18.9 Å². The molecule has 0 spiro atoms. The first-order chi connectivity index (χ1) is 10.7. The van der Waals surface area contributed by atoms with E-state index in [1.54, 1.807) is 6.92 Å². The Morgan fingerprint density at radius 3 is 2.27 bits per heavy atom. The van der Waals surface area contributed by atoms with Gasteiger partial charge in [0.15, 0.2) is 11.4 Å². The SMILES string of the molecule is CC1=N[C@](C/C=C/c2ccccc2)(c2ccccc2)C(=O)O1. The number of esters is 1. The molecule has 0 amide bonds. The standard InChI is InChI=1S/C19H17NO2/c1-15-20-19(18(21)22-15,17-12-6-3-7-13-17)14-8-11-16-9-4-2-5-10-16/h2-13H,14H2,1H3/b11-8+/t19-/m1/s1. The first kappa shape index (κ1) is 14.3. The maximum atomic E-state index is 12.4. The predicted octanol–water partition coefficient (Wildman–Crippen LogP) is 3.96. The van der Waals surface area contributed by atoms with Crippen LogP contribution in [0.15, 0.2) is 71.7 Å². The van der Waals surface area contributed by atoms with E-state index < -0.39 is 5.54 Å². The number of hydrogen-bond acceptors (Lipinski definition) is 3. The average Bonchev–Trinajstić information content (AvgIpc) is 2.84. The summed E-state index contributed by atoms with van der Waals surface area (Å²) in [6.45, 7) is 1.71. The molecule has 0 N–H and O–H groups in total. The zero-order valence-corrected chi connectivity index (χ0v) is 12.4. The quantitative estimate of drug-likeness (QED) is 0.800. The number of rotatable bonds is 4. The molecule has 3 nitrogen and oxygen atoms in total. The minimum Gasteiger partial charge on any atom is -0.410 e. The Hall–Kier alpha value is -2.68. The molecule has 2 aromatic rings. The van der Waals surface area contributed by atoms with Crippen LogP contribution in [0.25, 0.3) is 6.08 Å². The van der Waals surface area contributed by atoms with E-state index in [0.29, 0.717) is 12.3 Å². The van der Waals surface area contributed by atoms with E-state index in [1.807, 2.05) is 72.8 Å². The molecule has 2 aromatic carbocycles. The largest absolute Gasteiger partial charge is 0.410 e. The molecule has 0 fully saturated rings. The molecule has 0 unspecified atom stereocenters. The highest BCUT2D eigenvalue weighted by Crippen LogP contribution is 2.36. The van der Waals surface area contributed by atoms with Gasteiger partial charge in [-0.1, -0.05) is 72.8 Å². The van der Waals surface area contributed by atoms with E-state index in [0.717, 1.165) is 11.1 Å². The first-order valence-electron chi connectivity index (χ1n) is 7.26. The van der Waals surface area contributed by atoms with Gasteiger partial charge >= 0.3 is 5.97 Å². The lowest BCUT2D eigenvalue weighted by molar-refractivity contribution is -0.139. The van der Waals surface area contributed by atoms with Gasteiger partial charge in [0.25, 0.3) is 0 Å². The van der Waals surface area contributed by atoms with Gasteiger partial charge in [0, 0.05) is 13.3 Å². The highest BCUT2D eigenvalue weighted by molar-refractivity contribution is 5.99. The van der Waals surface area contributed by atoms with Gasteiger partial charge < -0.3 is 4.74 Å². The lowest BCUT2D eigenvalue weighted by atomic mass is 9.87. The lowest BCUT2D eigenvalue weighted by Gasteiger charge is -2.20. The highest BCUT2D eigenvalue weighted by atomic mass is 16.6. The van der Waals surface area contributed by atoms with Crippen molar-refractivity contribution >= 4 is 17.9 Å². The van der Waals surface area contributed by atoms with E-state index in [2.05, 4.69) is 4.99 Å². The van der Waals surface area contributed by atoms with E-state index in [9.17, 15) is 4.79 Å². The van der Waals surface area contributed by atoms with Gasteiger partial charge in [0.05, 0.1) is 0 Å². The molecule has 0 bridgehead atoms. The monoisotopic (exact) mass is 291 g/mol. The number of hydrogen-bond donors (Lipinski definition) is 0. The molecule has 1 heterocycles. The molecule has 1 atom stereocenters. The second-order valence-corrected chi connectivity index (χ2v) is 5.26. The summed E-state index contributed by atoms with van der Waals surface area (Å²) in [5.41, 5.74) is 0.990. The molecule has 1 aliphatic rings. The number of aliphatic imine (C=N–C) groups is 1. The Kier molecular flexibility index (Phi) is 3.88. The van der Waals surface area contributed by atoms with Crippen molar-refractivity contribution in [2.75, 3.05) is 0 Å². The van der Waals surface area contributed by atoms with Gasteiger partial charge in [-0.15, -0.1) is 0 Å². The summed E-state index contributed by atoms with van der Waals surface area (Å²) in [5, 5.41) is 0. The number of benzene rings is 2. The summed E-state index contributed by atoms with van der Waals surface area (Å²) in [7, 11) is 0. The van der Waals surface area contributed by atoms with Crippen LogP contribution >= 0.6 is 0 Å². The minimum absolute atomic E-state index is 0.311. The van der Waals surface area contributed by atoms with Crippen LogP contribution in [0.4, 0.5) is 0 Å². The molecule has 0 saturated heterocycles. The second kappa shape index (κ2) is 5.98. The van der Waals surface area contributed by atoms with Crippen molar-refractivity contribution in [1.82, 2.24) is 0 Å². The van der Waals surface area contributed by atoms with Gasteiger partial charge in [0.2, 0.25) is 0 Å². The second-order valence-electron chi connectivity index (χ2n) is 5.26. The highest BCUT2D eigenvalue weighted by Gasteiger charge is 2.45. The van der Waals surface area contributed by atoms with E-state index in [1.165, 1.54) is 0 Å². The fraction of sp³-hybridized carbons (Fsp3) is 0.158. The van der Waals surface area contributed by atoms with Crippen LogP contribution in [0.3, 0.4) is 0 Å². The van der Waals surface area contributed by atoms with Crippen LogP contribution < -0.4 is 0 Å². The average molecular weight is 291 g/mol. The number of carbonyl (C=O) groups excluding carboxylic acids is 1. The van der Waals surface area contributed by atoms with Crippen LogP contribution in [0.1, 0.15) is 24.5 Å². The summed E-state index contributed by atoms with van der Waals surface area (Å²) in [6.07, 6.45) is 4.45. The zero-order chi connectivity index (χ0) is 15.4. The third-order valence-corrected chi connectivity index (χ3v) is 3.70. The third-order valence-electron chi connectivity index (χ3n) is 3.70. The van der Waals surface area contributed by atoms with Crippen molar-refractivity contribution in [1.29, 1.82) is 0 Å². The van der Waals surface area contributed by atoms with Crippen LogP contribution in [-0.4, -0.2) is 11.9 Å². The minimum atomic E-state index is -0.962. The van der Waals surface area contributed by atoms with E-state index in [-0.39, 0.29) is 5.97 Å². The van der Waals surface area contributed by atoms with Crippen LogP contribution in [0.2, 0.25) is 0 Å². The number of nitrogens with zero attached hydrogens (tertiary/aromatic N) is 1. The van der Waals surface area contributed by atoms with Crippen molar-refractivity contribution in [3.05, 3.63) is 77.9 Å². The van der Waals surface area contributed by atoms with Crippen molar-refractivity contribution in [2.24, 2.45) is 4.99 Å². The summed E-state index contributed by atoms with van der Waals surface area (Å²) in [4.78, 5) is 16.9. The Balaban J connectivity index is 1.91. The topological polar surface area (TPSA) is 38.7 Å². The molecule has 22 heavy (non-hydrogen) atoms. The molecule has 0 aliphatic carbocycles. The number of cyclic esters (lactones) is 1. The number of ether oxygens (including phenoxy) is 1. The molecule has 1 aliphatic heterocycles. The maximum Gasteiger partial charge on any atom is 0.345 e. The molecule has 0 radical (unpaired) electrons. The molecule has 0 saturated carbocycles. The van der Waals surface area contributed by atoms with Gasteiger partial charge in [0.1, 0.15) is 0 Å². The smallest absolute Gasteiger partial charge is 0.345 e. The molecular formula is C19H17NO2. The fourth-order valence-electron chi connectivity index (χ4n) is 2.63. The summed E-state index contributed by atoms with van der Waals surface area (Å²) >= 11 is 0. The van der Waals surface area contributed by atoms with E-state index in [4.69, 9.17) is 4.74 Å². The predicted molar refractivity (Wildman–Crippen MR) is 87.4 cm³/mol. The Labute approximate surface area is 130 Å². The molecule has 3 rings (SSSR count). The molecule has 3 heteroatoms. The van der Waals surface area contributed by atoms with Crippen molar-refractivity contribution < 1.29 is 9.53 Å². The normalized spacial score (nSPS) is 21.0. The summed E-state index contributed by atoms with van der Waals surface area (Å²) in [6, 6.07) is 19.6. The van der Waals surface area contributed by atoms with Crippen LogP contribution in [0.5, 0.6) is 0 Å². The van der Waals surface area contributed by atoms with Crippen molar-refractivity contribution in [3.63, 3.8) is 0 Å². The van der Waals surface area contributed by atoms with E-state index >= 15 is 0 Å². The van der Waals surface area contributed by atoms with Crippen molar-refractivity contribution in [3.8, 4) is 0 Å². The Morgan fingerprint density at radius 1 is 1.05 bits per heavy atom. The Morgan fingerprint density at radius 2 is 1.68 bits per heavy atom. The Bertz CT molecular complexity index is 720. The van der Waals surface area contributed by atoms with Gasteiger partial charge in [-0.05, 0) is 11.1 Å². The third kappa shape index (κ3) is 2.70. The number of carbonyl (C=O) groups is 1. The maximum absolute atomic E-state index is 12.4. The molecule has 0 aromatic heterocycles. The van der Waals surface area contributed by atoms with Crippen LogP contribution in [0, 0.1) is 0 Å². The van der Waals surface area contributed by atoms with Crippen LogP contribution in [-0.2, 0) is 15.1 Å². The van der Waals surface area contributed by atoms with Gasteiger partial charge in [-0.25, -0.2) is 9.79 Å². The molecular weight excluding hydrogens is 274 g/mol.